The molecule has 1 saturated heterocycles. The van der Waals surface area contributed by atoms with E-state index < -0.39 is 5.97 Å². The van der Waals surface area contributed by atoms with E-state index in [1.807, 2.05) is 0 Å². The van der Waals surface area contributed by atoms with Crippen LogP contribution in [0.15, 0.2) is 24.3 Å². The van der Waals surface area contributed by atoms with E-state index in [0.717, 1.165) is 31.1 Å². The van der Waals surface area contributed by atoms with Gasteiger partial charge < -0.3 is 10.0 Å². The van der Waals surface area contributed by atoms with Gasteiger partial charge in [-0.3, -0.25) is 0 Å². The lowest BCUT2D eigenvalue weighted by molar-refractivity contribution is -0.131. The van der Waals surface area contributed by atoms with Crippen molar-refractivity contribution in [2.75, 3.05) is 11.4 Å². The van der Waals surface area contributed by atoms with Gasteiger partial charge in [0.25, 0.3) is 0 Å². The highest BCUT2D eigenvalue weighted by Crippen LogP contribution is 2.28. The van der Waals surface area contributed by atoms with Gasteiger partial charge in [0.1, 0.15) is 5.82 Å². The maximum Gasteiger partial charge on any atom is 0.328 e. The molecule has 1 aromatic carbocycles. The lowest BCUT2D eigenvalue weighted by atomic mass is 10.1. The lowest BCUT2D eigenvalue weighted by Crippen LogP contribution is -2.33. The molecule has 0 aromatic heterocycles. The average Bonchev–Trinajstić information content (AvgIpc) is 2.61. The Morgan fingerprint density at radius 1 is 1.40 bits per heavy atom. The first-order valence-electron chi connectivity index (χ1n) is 7.05. The number of aliphatic carboxylic acids is 1. The summed E-state index contributed by atoms with van der Waals surface area (Å²) in [5.74, 6) is -1.37. The van der Waals surface area contributed by atoms with Crippen LogP contribution in [0.4, 0.5) is 10.1 Å². The summed E-state index contributed by atoms with van der Waals surface area (Å²) in [6.45, 7) is 3.10. The van der Waals surface area contributed by atoms with Crippen LogP contribution < -0.4 is 4.90 Å². The highest BCUT2D eigenvalue weighted by molar-refractivity contribution is 5.87. The number of carboxylic acid groups (broad SMARTS) is 1. The minimum atomic E-state index is -1.02. The molecule has 1 aliphatic heterocycles. The third-order valence-electron chi connectivity index (χ3n) is 3.76. The topological polar surface area (TPSA) is 40.5 Å². The van der Waals surface area contributed by atoms with Crippen molar-refractivity contribution >= 4 is 17.7 Å². The number of rotatable bonds is 3. The van der Waals surface area contributed by atoms with Crippen molar-refractivity contribution in [1.29, 1.82) is 0 Å². The normalized spacial score (nSPS) is 20.1. The summed E-state index contributed by atoms with van der Waals surface area (Å²) in [5, 5.41) is 8.75. The van der Waals surface area contributed by atoms with E-state index in [0.29, 0.717) is 11.6 Å². The summed E-state index contributed by atoms with van der Waals surface area (Å²) in [5.41, 5.74) is 1.54. The standard InChI is InChI=1S/C16H20FNO2/c1-12-5-3-2-4-10-18(12)15-8-7-14(17)11-13(15)6-9-16(19)20/h6-9,11-12H,2-5,10H2,1H3,(H,19,20). The molecule has 1 aliphatic rings. The van der Waals surface area contributed by atoms with Crippen LogP contribution in [0, 0.1) is 5.82 Å². The number of carboxylic acids is 1. The minimum absolute atomic E-state index is 0.346. The maximum absolute atomic E-state index is 13.4. The zero-order chi connectivity index (χ0) is 14.5. The second-order valence-electron chi connectivity index (χ2n) is 5.27. The molecule has 0 bridgehead atoms. The summed E-state index contributed by atoms with van der Waals surface area (Å²) >= 11 is 0. The third-order valence-corrected chi connectivity index (χ3v) is 3.76. The number of benzene rings is 1. The first-order valence-corrected chi connectivity index (χ1v) is 7.05. The quantitative estimate of drug-likeness (QED) is 0.857. The summed E-state index contributed by atoms with van der Waals surface area (Å²) in [6.07, 6.45) is 7.17. The summed E-state index contributed by atoms with van der Waals surface area (Å²) in [7, 11) is 0. The fourth-order valence-electron chi connectivity index (χ4n) is 2.71. The Labute approximate surface area is 118 Å². The van der Waals surface area contributed by atoms with Gasteiger partial charge in [-0.1, -0.05) is 12.8 Å². The van der Waals surface area contributed by atoms with Crippen molar-refractivity contribution in [3.63, 3.8) is 0 Å². The highest BCUT2D eigenvalue weighted by atomic mass is 19.1. The van der Waals surface area contributed by atoms with Crippen LogP contribution in [0.5, 0.6) is 0 Å². The van der Waals surface area contributed by atoms with Crippen molar-refractivity contribution in [2.45, 2.75) is 38.6 Å². The number of hydrogen-bond donors (Lipinski definition) is 1. The molecule has 0 saturated carbocycles. The second-order valence-corrected chi connectivity index (χ2v) is 5.27. The fourth-order valence-corrected chi connectivity index (χ4v) is 2.71. The van der Waals surface area contributed by atoms with Gasteiger partial charge in [0.05, 0.1) is 0 Å². The SMILES string of the molecule is CC1CCCCCN1c1ccc(F)cc1C=CC(=O)O. The predicted molar refractivity (Wildman–Crippen MR) is 78.3 cm³/mol. The Balaban J connectivity index is 2.36. The molecule has 1 N–H and O–H groups in total. The first-order chi connectivity index (χ1) is 9.58. The number of hydrogen-bond acceptors (Lipinski definition) is 2. The molecular weight excluding hydrogens is 257 g/mol. The van der Waals surface area contributed by atoms with E-state index in [-0.39, 0.29) is 5.82 Å². The molecular formula is C16H20FNO2. The molecule has 2 rings (SSSR count). The third kappa shape index (κ3) is 3.59. The highest BCUT2D eigenvalue weighted by Gasteiger charge is 2.19. The van der Waals surface area contributed by atoms with Gasteiger partial charge >= 0.3 is 5.97 Å². The summed E-state index contributed by atoms with van der Waals surface area (Å²) in [4.78, 5) is 12.9. The van der Waals surface area contributed by atoms with E-state index >= 15 is 0 Å². The molecule has 3 nitrogen and oxygen atoms in total. The number of anilines is 1. The number of nitrogens with zero attached hydrogens (tertiary/aromatic N) is 1. The van der Waals surface area contributed by atoms with Crippen molar-refractivity contribution in [1.82, 2.24) is 0 Å². The van der Waals surface area contributed by atoms with Crippen LogP contribution in [0.3, 0.4) is 0 Å². The molecule has 1 heterocycles. The van der Waals surface area contributed by atoms with Gasteiger partial charge in [0.15, 0.2) is 0 Å². The van der Waals surface area contributed by atoms with Gasteiger partial charge in [-0.05, 0) is 44.0 Å². The monoisotopic (exact) mass is 277 g/mol. The molecule has 0 amide bonds. The van der Waals surface area contributed by atoms with E-state index in [1.165, 1.54) is 31.1 Å². The van der Waals surface area contributed by atoms with Crippen LogP contribution in [-0.2, 0) is 4.79 Å². The van der Waals surface area contributed by atoms with Gasteiger partial charge in [-0.2, -0.15) is 0 Å². The summed E-state index contributed by atoms with van der Waals surface area (Å²) in [6, 6.07) is 4.97. The van der Waals surface area contributed by atoms with Gasteiger partial charge in [-0.15, -0.1) is 0 Å². The molecule has 108 valence electrons. The average molecular weight is 277 g/mol. The number of carbonyl (C=O) groups is 1. The Hall–Kier alpha value is -1.84. The van der Waals surface area contributed by atoms with E-state index in [9.17, 15) is 9.18 Å². The Kier molecular flexibility index (Phi) is 4.77. The Bertz CT molecular complexity index is 513. The van der Waals surface area contributed by atoms with Gasteiger partial charge in [0, 0.05) is 29.9 Å². The van der Waals surface area contributed by atoms with Crippen molar-refractivity contribution in [3.8, 4) is 0 Å². The lowest BCUT2D eigenvalue weighted by Gasteiger charge is -2.31. The maximum atomic E-state index is 13.4. The van der Waals surface area contributed by atoms with Crippen LogP contribution in [0.1, 0.15) is 38.2 Å². The molecule has 1 fully saturated rings. The fraction of sp³-hybridized carbons (Fsp3) is 0.438. The molecule has 1 aromatic rings. The Morgan fingerprint density at radius 2 is 2.20 bits per heavy atom. The van der Waals surface area contributed by atoms with Gasteiger partial charge in [-0.25, -0.2) is 9.18 Å². The van der Waals surface area contributed by atoms with E-state index in [1.54, 1.807) is 6.07 Å². The minimum Gasteiger partial charge on any atom is -0.478 e. The van der Waals surface area contributed by atoms with E-state index in [2.05, 4.69) is 11.8 Å². The molecule has 0 radical (unpaired) electrons. The number of halogens is 1. The van der Waals surface area contributed by atoms with Crippen molar-refractivity contribution < 1.29 is 14.3 Å². The predicted octanol–water partition coefficient (Wildman–Crippen LogP) is 3.69. The molecule has 1 atom stereocenters. The smallest absolute Gasteiger partial charge is 0.328 e. The van der Waals surface area contributed by atoms with Crippen LogP contribution in [0.2, 0.25) is 0 Å². The molecule has 4 heteroatoms. The molecule has 1 unspecified atom stereocenters. The van der Waals surface area contributed by atoms with Gasteiger partial charge in [0.2, 0.25) is 0 Å². The zero-order valence-electron chi connectivity index (χ0n) is 11.7. The van der Waals surface area contributed by atoms with Crippen molar-refractivity contribution in [3.05, 3.63) is 35.7 Å². The molecule has 20 heavy (non-hydrogen) atoms. The first kappa shape index (κ1) is 14.6. The second kappa shape index (κ2) is 6.55. The zero-order valence-corrected chi connectivity index (χ0v) is 11.7. The van der Waals surface area contributed by atoms with Crippen LogP contribution >= 0.6 is 0 Å². The van der Waals surface area contributed by atoms with E-state index in [4.69, 9.17) is 5.11 Å². The van der Waals surface area contributed by atoms with Crippen molar-refractivity contribution in [2.24, 2.45) is 0 Å². The molecule has 0 aliphatic carbocycles. The summed E-state index contributed by atoms with van der Waals surface area (Å²) < 4.78 is 13.4. The molecule has 0 spiro atoms. The Morgan fingerprint density at radius 3 is 2.95 bits per heavy atom. The largest absolute Gasteiger partial charge is 0.478 e. The van der Waals surface area contributed by atoms with Crippen LogP contribution in [0.25, 0.3) is 6.08 Å². The van der Waals surface area contributed by atoms with Crippen LogP contribution in [-0.4, -0.2) is 23.7 Å².